The van der Waals surface area contributed by atoms with Crippen LogP contribution in [0.2, 0.25) is 0 Å². The van der Waals surface area contributed by atoms with Gasteiger partial charge >= 0.3 is 6.09 Å². The van der Waals surface area contributed by atoms with Crippen molar-refractivity contribution in [2.45, 2.75) is 52.3 Å². The van der Waals surface area contributed by atoms with Crippen LogP contribution in [0.15, 0.2) is 48.5 Å². The van der Waals surface area contributed by atoms with E-state index in [0.29, 0.717) is 0 Å². The first-order valence-electron chi connectivity index (χ1n) is 11.5. The molecule has 0 spiro atoms. The Morgan fingerprint density at radius 1 is 1.03 bits per heavy atom. The highest BCUT2D eigenvalue weighted by atomic mass is 16.6. The van der Waals surface area contributed by atoms with Crippen molar-refractivity contribution in [3.05, 3.63) is 70.8 Å². The minimum absolute atomic E-state index is 0.0955. The van der Waals surface area contributed by atoms with E-state index in [1.165, 1.54) is 16.8 Å². The van der Waals surface area contributed by atoms with E-state index in [-0.39, 0.29) is 18.2 Å². The van der Waals surface area contributed by atoms with Crippen molar-refractivity contribution in [2.24, 2.45) is 0 Å². The number of ether oxygens (including phenoxy) is 1. The highest BCUT2D eigenvalue weighted by Gasteiger charge is 2.34. The summed E-state index contributed by atoms with van der Waals surface area (Å²) in [6.45, 7) is 13.8. The van der Waals surface area contributed by atoms with Gasteiger partial charge in [-0.1, -0.05) is 48.6 Å². The van der Waals surface area contributed by atoms with E-state index >= 15 is 0 Å². The highest BCUT2D eigenvalue weighted by Crippen LogP contribution is 2.33. The minimum atomic E-state index is -0.527. The van der Waals surface area contributed by atoms with Gasteiger partial charge in [0, 0.05) is 31.9 Å². The number of carbonyl (C=O) groups excluding carboxylic acids is 1. The van der Waals surface area contributed by atoms with Crippen LogP contribution in [0, 0.1) is 13.8 Å². The molecule has 170 valence electrons. The first-order chi connectivity index (χ1) is 15.2. The zero-order valence-electron chi connectivity index (χ0n) is 19.9. The van der Waals surface area contributed by atoms with Gasteiger partial charge in [-0.15, -0.1) is 0 Å². The Labute approximate surface area is 192 Å². The average molecular weight is 434 g/mol. The number of piperazine rings is 1. The number of hydrogen-bond donors (Lipinski definition) is 1. The molecule has 0 radical (unpaired) electrons. The van der Waals surface area contributed by atoms with Crippen LogP contribution in [-0.2, 0) is 4.74 Å². The molecule has 0 aromatic heterocycles. The topological polar surface area (TPSA) is 44.8 Å². The lowest BCUT2D eigenvalue weighted by Gasteiger charge is -2.43. The van der Waals surface area contributed by atoms with E-state index in [4.69, 9.17) is 4.74 Å². The van der Waals surface area contributed by atoms with Crippen LogP contribution >= 0.6 is 0 Å². The number of anilines is 1. The summed E-state index contributed by atoms with van der Waals surface area (Å²) in [7, 11) is 0. The second kappa shape index (κ2) is 8.99. The minimum Gasteiger partial charge on any atom is -0.444 e. The van der Waals surface area contributed by atoms with Crippen LogP contribution in [0.1, 0.15) is 49.1 Å². The molecule has 2 aliphatic rings. The second-order valence-electron chi connectivity index (χ2n) is 9.92. The van der Waals surface area contributed by atoms with Gasteiger partial charge in [0.2, 0.25) is 0 Å². The van der Waals surface area contributed by atoms with Crippen molar-refractivity contribution in [1.29, 1.82) is 0 Å². The number of rotatable bonds is 3. The molecule has 1 fully saturated rings. The fraction of sp³-hybridized carbons (Fsp3) is 0.444. The predicted molar refractivity (Wildman–Crippen MR) is 131 cm³/mol. The maximum Gasteiger partial charge on any atom is 0.408 e. The van der Waals surface area contributed by atoms with E-state index in [2.05, 4.69) is 71.4 Å². The van der Waals surface area contributed by atoms with Crippen LogP contribution in [0.4, 0.5) is 10.5 Å². The van der Waals surface area contributed by atoms with Gasteiger partial charge < -0.3 is 15.0 Å². The Balaban J connectivity index is 1.51. The molecule has 32 heavy (non-hydrogen) atoms. The van der Waals surface area contributed by atoms with Crippen LogP contribution in [0.5, 0.6) is 0 Å². The van der Waals surface area contributed by atoms with Gasteiger partial charge in [0.05, 0.1) is 12.1 Å². The SMILES string of the molecule is Cc1ccc(C)c(N2CCN(C3C=Cc4ccccc4C3NC(=O)OC(C)(C)C)CC2)c1. The lowest BCUT2D eigenvalue weighted by atomic mass is 9.88. The van der Waals surface area contributed by atoms with Gasteiger partial charge in [-0.05, 0) is 62.9 Å². The Morgan fingerprint density at radius 2 is 1.75 bits per heavy atom. The summed E-state index contributed by atoms with van der Waals surface area (Å²) in [5.41, 5.74) is 5.71. The molecule has 0 saturated carbocycles. The second-order valence-corrected chi connectivity index (χ2v) is 9.92. The lowest BCUT2D eigenvalue weighted by molar-refractivity contribution is 0.0470. The summed E-state index contributed by atoms with van der Waals surface area (Å²) in [5, 5.41) is 3.17. The first kappa shape index (κ1) is 22.4. The highest BCUT2D eigenvalue weighted by molar-refractivity contribution is 5.70. The fourth-order valence-electron chi connectivity index (χ4n) is 4.69. The zero-order valence-corrected chi connectivity index (χ0v) is 19.9. The molecule has 0 bridgehead atoms. The van der Waals surface area contributed by atoms with E-state index in [0.717, 1.165) is 37.3 Å². The Kier molecular flexibility index (Phi) is 6.29. The van der Waals surface area contributed by atoms with E-state index < -0.39 is 5.60 Å². The third-order valence-corrected chi connectivity index (χ3v) is 6.26. The molecule has 2 atom stereocenters. The molecule has 1 saturated heterocycles. The lowest BCUT2D eigenvalue weighted by Crippen LogP contribution is -2.54. The van der Waals surface area contributed by atoms with Gasteiger partial charge in [-0.3, -0.25) is 4.90 Å². The largest absolute Gasteiger partial charge is 0.444 e. The van der Waals surface area contributed by atoms with E-state index in [1.54, 1.807) is 0 Å². The van der Waals surface area contributed by atoms with E-state index in [1.807, 2.05) is 32.9 Å². The predicted octanol–water partition coefficient (Wildman–Crippen LogP) is 5.09. The molecule has 5 heteroatoms. The number of carbonyl (C=O) groups is 1. The molecular formula is C27H35N3O2. The summed E-state index contributed by atoms with van der Waals surface area (Å²) in [4.78, 5) is 17.7. The summed E-state index contributed by atoms with van der Waals surface area (Å²) in [6.07, 6.45) is 4.05. The van der Waals surface area contributed by atoms with Gasteiger partial charge in [-0.25, -0.2) is 4.79 Å². The third kappa shape index (κ3) is 4.99. The number of benzene rings is 2. The molecule has 5 nitrogen and oxygen atoms in total. The molecule has 4 rings (SSSR count). The molecule has 1 aliphatic carbocycles. The van der Waals surface area contributed by atoms with Gasteiger partial charge in [0.25, 0.3) is 0 Å². The zero-order chi connectivity index (χ0) is 22.9. The van der Waals surface area contributed by atoms with Gasteiger partial charge in [0.1, 0.15) is 5.60 Å². The molecule has 2 unspecified atom stereocenters. The van der Waals surface area contributed by atoms with Crippen molar-refractivity contribution in [1.82, 2.24) is 10.2 Å². The number of hydrogen-bond acceptors (Lipinski definition) is 4. The number of nitrogens with zero attached hydrogens (tertiary/aromatic N) is 2. The maximum atomic E-state index is 12.7. The molecule has 1 N–H and O–H groups in total. The Hall–Kier alpha value is -2.79. The Morgan fingerprint density at radius 3 is 2.47 bits per heavy atom. The van der Waals surface area contributed by atoms with Crippen LogP contribution in [-0.4, -0.2) is 48.8 Å². The monoisotopic (exact) mass is 433 g/mol. The fourth-order valence-corrected chi connectivity index (χ4v) is 4.69. The maximum absolute atomic E-state index is 12.7. The van der Waals surface area contributed by atoms with Crippen LogP contribution < -0.4 is 10.2 Å². The number of aryl methyl sites for hydroxylation is 2. The standard InChI is InChI=1S/C27H35N3O2/c1-19-10-11-20(2)24(18-19)30-16-14-29(15-17-30)23-13-12-21-8-6-7-9-22(21)25(23)28-26(31)32-27(3,4)5/h6-13,18,23,25H,14-17H2,1-5H3,(H,28,31). The van der Waals surface area contributed by atoms with Crippen LogP contribution in [0.25, 0.3) is 6.08 Å². The summed E-state index contributed by atoms with van der Waals surface area (Å²) in [6, 6.07) is 14.9. The molecule has 2 aromatic rings. The average Bonchev–Trinajstić information content (AvgIpc) is 2.74. The summed E-state index contributed by atoms with van der Waals surface area (Å²) in [5.74, 6) is 0. The van der Waals surface area contributed by atoms with Crippen LogP contribution in [0.3, 0.4) is 0 Å². The molecule has 1 aliphatic heterocycles. The molecule has 1 heterocycles. The number of amides is 1. The quantitative estimate of drug-likeness (QED) is 0.733. The van der Waals surface area contributed by atoms with Crippen molar-refractivity contribution in [3.63, 3.8) is 0 Å². The molecule has 1 amide bonds. The molecule has 2 aromatic carbocycles. The van der Waals surface area contributed by atoms with Gasteiger partial charge in [-0.2, -0.15) is 0 Å². The summed E-state index contributed by atoms with van der Waals surface area (Å²) < 4.78 is 5.59. The first-order valence-corrected chi connectivity index (χ1v) is 11.5. The normalized spacial score (nSPS) is 21.2. The molecular weight excluding hydrogens is 398 g/mol. The van der Waals surface area contributed by atoms with Crippen molar-refractivity contribution in [2.75, 3.05) is 31.1 Å². The third-order valence-electron chi connectivity index (χ3n) is 6.26. The van der Waals surface area contributed by atoms with Gasteiger partial charge in [0.15, 0.2) is 0 Å². The summed E-state index contributed by atoms with van der Waals surface area (Å²) >= 11 is 0. The number of fused-ring (bicyclic) bond motifs is 1. The van der Waals surface area contributed by atoms with Crippen molar-refractivity contribution in [3.8, 4) is 0 Å². The number of alkyl carbamates (subject to hydrolysis) is 1. The van der Waals surface area contributed by atoms with Crippen molar-refractivity contribution >= 4 is 17.9 Å². The smallest absolute Gasteiger partial charge is 0.408 e. The Bertz CT molecular complexity index is 1000. The van der Waals surface area contributed by atoms with Crippen molar-refractivity contribution < 1.29 is 9.53 Å². The van der Waals surface area contributed by atoms with E-state index in [9.17, 15) is 4.79 Å². The number of nitrogens with one attached hydrogen (secondary N) is 1.